The minimum Gasteiger partial charge on any atom is -0.590 e. The molecule has 1 unspecified atom stereocenters. The van der Waals surface area contributed by atoms with E-state index in [1.165, 1.54) is 5.38 Å². The normalized spacial score (nSPS) is 17.2. The summed E-state index contributed by atoms with van der Waals surface area (Å²) in [6.45, 7) is 5.25. The van der Waals surface area contributed by atoms with Crippen molar-refractivity contribution in [2.45, 2.75) is 45.6 Å². The molecule has 0 aromatic carbocycles. The summed E-state index contributed by atoms with van der Waals surface area (Å²) in [6.07, 6.45) is 1.78. The van der Waals surface area contributed by atoms with E-state index in [0.717, 1.165) is 6.42 Å². The number of ether oxygens (including phenoxy) is 1. The third-order valence-corrected chi connectivity index (χ3v) is 4.64. The number of Topliss-reactive ketones (excluding diaryl/α,β-unsaturated/α-hetero) is 1. The largest absolute Gasteiger partial charge is 0.590 e. The van der Waals surface area contributed by atoms with Gasteiger partial charge in [-0.25, -0.2) is 0 Å². The van der Waals surface area contributed by atoms with Gasteiger partial charge in [0.15, 0.2) is 22.9 Å². The smallest absolute Gasteiger partial charge is 0.227 e. The van der Waals surface area contributed by atoms with Crippen molar-refractivity contribution < 1.29 is 19.2 Å². The molecule has 0 amide bonds. The Morgan fingerprint density at radius 3 is 2.81 bits per heavy atom. The number of unbranched alkanes of at least 4 members (excludes halogenated alkanes) is 1. The number of aliphatic hydroxyl groups is 1. The standard InChI is InChI=1S/C15H19NO4S/c1-4-5-6-9(17)12(16)11-13-10(7-8-21(13)19)20-15(2,3)14(11)18/h7-8,16,18H,4-6H2,1-3H3. The Balaban J connectivity index is 2.49. The van der Waals surface area contributed by atoms with Crippen LogP contribution in [0.2, 0.25) is 0 Å². The van der Waals surface area contributed by atoms with Crippen LogP contribution in [0, 0.1) is 5.41 Å². The summed E-state index contributed by atoms with van der Waals surface area (Å²) in [5, 5.41) is 19.9. The van der Waals surface area contributed by atoms with Gasteiger partial charge in [0.1, 0.15) is 16.7 Å². The highest BCUT2D eigenvalue weighted by molar-refractivity contribution is 7.25. The molecule has 6 heteroatoms. The maximum Gasteiger partial charge on any atom is 0.227 e. The molecule has 2 rings (SSSR count). The molecule has 21 heavy (non-hydrogen) atoms. The van der Waals surface area contributed by atoms with Crippen LogP contribution in [0.1, 0.15) is 44.9 Å². The first-order chi connectivity index (χ1) is 9.79. The van der Waals surface area contributed by atoms with E-state index in [0.29, 0.717) is 12.2 Å². The van der Waals surface area contributed by atoms with Crippen LogP contribution in [-0.4, -0.2) is 26.8 Å². The number of rotatable bonds is 5. The fourth-order valence-corrected chi connectivity index (χ4v) is 3.33. The Morgan fingerprint density at radius 1 is 1.52 bits per heavy atom. The van der Waals surface area contributed by atoms with Crippen molar-refractivity contribution in [3.05, 3.63) is 22.1 Å². The first kappa shape index (κ1) is 15.7. The predicted octanol–water partition coefficient (Wildman–Crippen LogP) is 3.63. The maximum atomic E-state index is 12.1. The first-order valence-electron chi connectivity index (χ1n) is 6.88. The Kier molecular flexibility index (Phi) is 4.20. The molecule has 1 aromatic heterocycles. The van der Waals surface area contributed by atoms with Gasteiger partial charge in [0.25, 0.3) is 0 Å². The second-order valence-electron chi connectivity index (χ2n) is 5.53. The van der Waals surface area contributed by atoms with E-state index in [1.54, 1.807) is 19.9 Å². The summed E-state index contributed by atoms with van der Waals surface area (Å²) in [4.78, 5) is 12.3. The molecule has 1 aliphatic rings. The lowest BCUT2D eigenvalue weighted by molar-refractivity contribution is -0.113. The van der Waals surface area contributed by atoms with E-state index in [2.05, 4.69) is 0 Å². The minimum atomic E-state index is -1.50. The van der Waals surface area contributed by atoms with Crippen LogP contribution in [0.15, 0.2) is 17.2 Å². The van der Waals surface area contributed by atoms with Gasteiger partial charge in [0.2, 0.25) is 4.88 Å². The van der Waals surface area contributed by atoms with Gasteiger partial charge in [-0.2, -0.15) is 0 Å². The second-order valence-corrected chi connectivity index (χ2v) is 6.81. The highest BCUT2D eigenvalue weighted by Crippen LogP contribution is 2.46. The maximum absolute atomic E-state index is 12.1. The zero-order valence-corrected chi connectivity index (χ0v) is 13.2. The lowest BCUT2D eigenvalue weighted by Crippen LogP contribution is -2.36. The topological polar surface area (TPSA) is 93.4 Å². The lowest BCUT2D eigenvalue weighted by Gasteiger charge is -2.30. The summed E-state index contributed by atoms with van der Waals surface area (Å²) < 4.78 is 17.7. The Bertz CT molecular complexity index is 628. The highest BCUT2D eigenvalue weighted by atomic mass is 32.2. The summed E-state index contributed by atoms with van der Waals surface area (Å²) in [7, 11) is -1.50. The fourth-order valence-electron chi connectivity index (χ4n) is 2.24. The molecule has 0 bridgehead atoms. The van der Waals surface area contributed by atoms with Crippen LogP contribution >= 0.6 is 10.8 Å². The number of ketones is 1. The summed E-state index contributed by atoms with van der Waals surface area (Å²) in [5.41, 5.74) is -1.28. The van der Waals surface area contributed by atoms with E-state index < -0.39 is 16.4 Å². The molecule has 0 saturated heterocycles. The molecular weight excluding hydrogens is 290 g/mol. The number of fused-ring (bicyclic) bond motifs is 1. The molecular formula is C15H19NO4S. The zero-order valence-electron chi connectivity index (χ0n) is 12.4. The van der Waals surface area contributed by atoms with Gasteiger partial charge in [0.05, 0.1) is 0 Å². The van der Waals surface area contributed by atoms with Crippen LogP contribution in [0.25, 0.3) is 5.57 Å². The summed E-state index contributed by atoms with van der Waals surface area (Å²) in [6, 6.07) is 1.56. The molecule has 0 fully saturated rings. The average molecular weight is 309 g/mol. The number of carbonyl (C=O) groups is 1. The SMILES string of the molecule is CCCCC(=O)C(=N)C1=C(O)C(C)(C)Oc2cc[s+]([O-])c21. The van der Waals surface area contributed by atoms with E-state index in [4.69, 9.17) is 10.1 Å². The predicted molar refractivity (Wildman–Crippen MR) is 81.6 cm³/mol. The first-order valence-corrected chi connectivity index (χ1v) is 8.09. The van der Waals surface area contributed by atoms with Crippen molar-refractivity contribution in [1.82, 2.24) is 0 Å². The van der Waals surface area contributed by atoms with Crippen LogP contribution in [-0.2, 0) is 4.79 Å². The number of hydrogen-bond donors (Lipinski definition) is 2. The van der Waals surface area contributed by atoms with E-state index >= 15 is 0 Å². The highest BCUT2D eigenvalue weighted by Gasteiger charge is 2.42. The third kappa shape index (κ3) is 2.73. The molecule has 0 spiro atoms. The molecule has 1 atom stereocenters. The minimum absolute atomic E-state index is 0.0608. The number of hydrogen-bond acceptors (Lipinski definition) is 5. The van der Waals surface area contributed by atoms with Gasteiger partial charge in [-0.05, 0) is 31.0 Å². The lowest BCUT2D eigenvalue weighted by atomic mass is 9.92. The number of aliphatic hydroxyl groups excluding tert-OH is 1. The van der Waals surface area contributed by atoms with Crippen molar-refractivity contribution in [2.24, 2.45) is 0 Å². The molecule has 1 aromatic rings. The van der Waals surface area contributed by atoms with Gasteiger partial charge in [-0.3, -0.25) is 10.2 Å². The van der Waals surface area contributed by atoms with Gasteiger partial charge in [0, 0.05) is 12.5 Å². The zero-order chi connectivity index (χ0) is 15.8. The van der Waals surface area contributed by atoms with Crippen LogP contribution < -0.4 is 4.74 Å². The van der Waals surface area contributed by atoms with Gasteiger partial charge >= 0.3 is 0 Å². The molecule has 0 saturated carbocycles. The van der Waals surface area contributed by atoms with Crippen molar-refractivity contribution in [2.75, 3.05) is 0 Å². The van der Waals surface area contributed by atoms with Gasteiger partial charge in [-0.15, -0.1) is 0 Å². The molecule has 0 aliphatic carbocycles. The monoisotopic (exact) mass is 309 g/mol. The molecule has 1 aliphatic heterocycles. The third-order valence-electron chi connectivity index (χ3n) is 3.45. The summed E-state index contributed by atoms with van der Waals surface area (Å²) in [5.74, 6) is -0.209. The van der Waals surface area contributed by atoms with Crippen molar-refractivity contribution in [3.8, 4) is 5.75 Å². The van der Waals surface area contributed by atoms with Crippen molar-refractivity contribution in [3.63, 3.8) is 0 Å². The number of carbonyl (C=O) groups excluding carboxylic acids is 1. The fraction of sp³-hybridized carbons (Fsp3) is 0.467. The van der Waals surface area contributed by atoms with Crippen LogP contribution in [0.5, 0.6) is 5.75 Å². The number of allylic oxidation sites excluding steroid dienone is 1. The molecule has 2 N–H and O–H groups in total. The van der Waals surface area contributed by atoms with E-state index in [9.17, 15) is 14.5 Å². The Labute approximate surface area is 126 Å². The molecule has 5 nitrogen and oxygen atoms in total. The molecule has 114 valence electrons. The Morgan fingerprint density at radius 2 is 2.19 bits per heavy atom. The van der Waals surface area contributed by atoms with Gasteiger partial charge < -0.3 is 14.4 Å². The summed E-state index contributed by atoms with van der Waals surface area (Å²) >= 11 is 0. The molecule has 2 heterocycles. The van der Waals surface area contributed by atoms with E-state index in [-0.39, 0.29) is 34.1 Å². The molecule has 0 radical (unpaired) electrons. The number of thiophene rings is 1. The second kappa shape index (κ2) is 5.61. The van der Waals surface area contributed by atoms with Crippen molar-refractivity contribution >= 4 is 27.8 Å². The van der Waals surface area contributed by atoms with Crippen LogP contribution in [0.4, 0.5) is 0 Å². The Hall–Kier alpha value is -1.66. The quantitative estimate of drug-likeness (QED) is 0.641. The van der Waals surface area contributed by atoms with Gasteiger partial charge in [-0.1, -0.05) is 13.3 Å². The number of nitrogens with one attached hydrogen (secondary N) is 1. The van der Waals surface area contributed by atoms with Crippen LogP contribution in [0.3, 0.4) is 0 Å². The average Bonchev–Trinajstić information content (AvgIpc) is 2.77. The van der Waals surface area contributed by atoms with Crippen molar-refractivity contribution in [1.29, 1.82) is 5.41 Å². The van der Waals surface area contributed by atoms with E-state index in [1.807, 2.05) is 6.92 Å².